The first kappa shape index (κ1) is 11.1. The second-order valence-corrected chi connectivity index (χ2v) is 3.55. The lowest BCUT2D eigenvalue weighted by Gasteiger charge is -2.10. The SMILES string of the molecule is Cc1cc(CNC(C)CO)ccc1F. The molecular weight excluding hydrogens is 181 g/mol. The lowest BCUT2D eigenvalue weighted by Crippen LogP contribution is -2.28. The number of aliphatic hydroxyl groups is 1. The third-order valence-electron chi connectivity index (χ3n) is 2.15. The van der Waals surface area contributed by atoms with Gasteiger partial charge in [0.25, 0.3) is 0 Å². The summed E-state index contributed by atoms with van der Waals surface area (Å²) in [5.74, 6) is -0.177. The van der Waals surface area contributed by atoms with Gasteiger partial charge in [-0.25, -0.2) is 4.39 Å². The summed E-state index contributed by atoms with van der Waals surface area (Å²) in [6.07, 6.45) is 0. The molecule has 3 heteroatoms. The molecule has 1 rings (SSSR count). The minimum absolute atomic E-state index is 0.0698. The number of aliphatic hydroxyl groups excluding tert-OH is 1. The Morgan fingerprint density at radius 2 is 2.21 bits per heavy atom. The summed E-state index contributed by atoms with van der Waals surface area (Å²) < 4.78 is 12.9. The molecule has 0 spiro atoms. The summed E-state index contributed by atoms with van der Waals surface area (Å²) in [7, 11) is 0. The van der Waals surface area contributed by atoms with E-state index in [0.717, 1.165) is 5.56 Å². The van der Waals surface area contributed by atoms with Crippen LogP contribution in [0.1, 0.15) is 18.1 Å². The standard InChI is InChI=1S/C11H16FNO/c1-8-5-10(3-4-11(8)12)6-13-9(2)7-14/h3-5,9,13-14H,6-7H2,1-2H3. The molecule has 78 valence electrons. The van der Waals surface area contributed by atoms with Gasteiger partial charge in [-0.3, -0.25) is 0 Å². The van der Waals surface area contributed by atoms with Gasteiger partial charge < -0.3 is 10.4 Å². The highest BCUT2D eigenvalue weighted by Gasteiger charge is 2.01. The van der Waals surface area contributed by atoms with Crippen LogP contribution in [-0.4, -0.2) is 17.8 Å². The maximum atomic E-state index is 12.9. The summed E-state index contributed by atoms with van der Waals surface area (Å²) in [5, 5.41) is 11.9. The van der Waals surface area contributed by atoms with E-state index in [0.29, 0.717) is 12.1 Å². The molecule has 0 aliphatic heterocycles. The Kier molecular flexibility index (Phi) is 4.04. The molecule has 0 aromatic heterocycles. The summed E-state index contributed by atoms with van der Waals surface area (Å²) in [6, 6.07) is 5.10. The van der Waals surface area contributed by atoms with Crippen molar-refractivity contribution in [2.24, 2.45) is 0 Å². The number of benzene rings is 1. The monoisotopic (exact) mass is 197 g/mol. The molecule has 0 radical (unpaired) electrons. The number of hydrogen-bond donors (Lipinski definition) is 2. The molecule has 0 saturated carbocycles. The van der Waals surface area contributed by atoms with Crippen LogP contribution in [0.15, 0.2) is 18.2 Å². The Morgan fingerprint density at radius 3 is 2.79 bits per heavy atom. The summed E-state index contributed by atoms with van der Waals surface area (Å²) >= 11 is 0. The molecule has 0 saturated heterocycles. The molecule has 1 unspecified atom stereocenters. The van der Waals surface area contributed by atoms with E-state index in [1.807, 2.05) is 13.0 Å². The van der Waals surface area contributed by atoms with Gasteiger partial charge in [-0.05, 0) is 31.0 Å². The molecule has 0 aliphatic carbocycles. The summed E-state index contributed by atoms with van der Waals surface area (Å²) in [4.78, 5) is 0. The Labute approximate surface area is 83.8 Å². The van der Waals surface area contributed by atoms with E-state index in [2.05, 4.69) is 5.32 Å². The minimum atomic E-state index is -0.177. The fourth-order valence-corrected chi connectivity index (χ4v) is 1.17. The van der Waals surface area contributed by atoms with E-state index in [1.165, 1.54) is 6.07 Å². The lowest BCUT2D eigenvalue weighted by molar-refractivity contribution is 0.251. The van der Waals surface area contributed by atoms with Crippen LogP contribution in [0.4, 0.5) is 4.39 Å². The smallest absolute Gasteiger partial charge is 0.126 e. The maximum Gasteiger partial charge on any atom is 0.126 e. The summed E-state index contributed by atoms with van der Waals surface area (Å²) in [5.41, 5.74) is 1.69. The predicted octanol–water partition coefficient (Wildman–Crippen LogP) is 1.60. The molecule has 0 fully saturated rings. The number of rotatable bonds is 4. The first-order valence-corrected chi connectivity index (χ1v) is 4.72. The highest BCUT2D eigenvalue weighted by atomic mass is 19.1. The van der Waals surface area contributed by atoms with Gasteiger partial charge in [0.15, 0.2) is 0 Å². The topological polar surface area (TPSA) is 32.3 Å². The zero-order valence-electron chi connectivity index (χ0n) is 8.55. The second kappa shape index (κ2) is 5.08. The molecule has 0 heterocycles. The molecule has 2 N–H and O–H groups in total. The number of aryl methyl sites for hydroxylation is 1. The summed E-state index contributed by atoms with van der Waals surface area (Å²) in [6.45, 7) is 4.41. The van der Waals surface area contributed by atoms with E-state index in [4.69, 9.17) is 5.11 Å². The zero-order chi connectivity index (χ0) is 10.6. The first-order chi connectivity index (χ1) is 6.63. The van der Waals surface area contributed by atoms with Crippen molar-refractivity contribution < 1.29 is 9.50 Å². The molecule has 1 aromatic carbocycles. The van der Waals surface area contributed by atoms with Crippen LogP contribution in [-0.2, 0) is 6.54 Å². The van der Waals surface area contributed by atoms with Gasteiger partial charge in [0.2, 0.25) is 0 Å². The number of nitrogens with one attached hydrogen (secondary N) is 1. The molecule has 0 bridgehead atoms. The van der Waals surface area contributed by atoms with Gasteiger partial charge in [0.1, 0.15) is 5.82 Å². The van der Waals surface area contributed by atoms with E-state index in [9.17, 15) is 4.39 Å². The normalized spacial score (nSPS) is 12.9. The van der Waals surface area contributed by atoms with Crippen LogP contribution in [0.3, 0.4) is 0 Å². The Balaban J connectivity index is 2.55. The van der Waals surface area contributed by atoms with Crippen LogP contribution in [0.25, 0.3) is 0 Å². The van der Waals surface area contributed by atoms with Crippen molar-refractivity contribution in [1.29, 1.82) is 0 Å². The van der Waals surface area contributed by atoms with E-state index < -0.39 is 0 Å². The molecule has 14 heavy (non-hydrogen) atoms. The van der Waals surface area contributed by atoms with Gasteiger partial charge in [0, 0.05) is 12.6 Å². The number of hydrogen-bond acceptors (Lipinski definition) is 2. The molecule has 0 aliphatic rings. The van der Waals surface area contributed by atoms with Crippen LogP contribution in [0.5, 0.6) is 0 Å². The molecule has 1 aromatic rings. The zero-order valence-corrected chi connectivity index (χ0v) is 8.55. The van der Waals surface area contributed by atoms with Gasteiger partial charge in [-0.1, -0.05) is 12.1 Å². The van der Waals surface area contributed by atoms with Crippen molar-refractivity contribution in [2.45, 2.75) is 26.4 Å². The van der Waals surface area contributed by atoms with Crippen molar-refractivity contribution in [2.75, 3.05) is 6.61 Å². The van der Waals surface area contributed by atoms with Crippen molar-refractivity contribution in [1.82, 2.24) is 5.32 Å². The van der Waals surface area contributed by atoms with Crippen molar-refractivity contribution >= 4 is 0 Å². The highest BCUT2D eigenvalue weighted by molar-refractivity contribution is 5.23. The Hall–Kier alpha value is -0.930. The van der Waals surface area contributed by atoms with Gasteiger partial charge >= 0.3 is 0 Å². The average Bonchev–Trinajstić information content (AvgIpc) is 2.19. The maximum absolute atomic E-state index is 12.9. The fraction of sp³-hybridized carbons (Fsp3) is 0.455. The van der Waals surface area contributed by atoms with E-state index in [-0.39, 0.29) is 18.5 Å². The van der Waals surface area contributed by atoms with Gasteiger partial charge in [0.05, 0.1) is 6.61 Å². The fourth-order valence-electron chi connectivity index (χ4n) is 1.17. The Morgan fingerprint density at radius 1 is 1.50 bits per heavy atom. The predicted molar refractivity (Wildman–Crippen MR) is 54.5 cm³/mol. The molecular formula is C11H16FNO. The third kappa shape index (κ3) is 3.09. The second-order valence-electron chi connectivity index (χ2n) is 3.55. The average molecular weight is 197 g/mol. The van der Waals surface area contributed by atoms with Gasteiger partial charge in [-0.2, -0.15) is 0 Å². The van der Waals surface area contributed by atoms with Crippen LogP contribution < -0.4 is 5.32 Å². The van der Waals surface area contributed by atoms with Crippen LogP contribution >= 0.6 is 0 Å². The van der Waals surface area contributed by atoms with Gasteiger partial charge in [-0.15, -0.1) is 0 Å². The molecule has 0 amide bonds. The Bertz CT molecular complexity index is 301. The van der Waals surface area contributed by atoms with Crippen molar-refractivity contribution in [3.05, 3.63) is 35.1 Å². The van der Waals surface area contributed by atoms with E-state index >= 15 is 0 Å². The highest BCUT2D eigenvalue weighted by Crippen LogP contribution is 2.08. The lowest BCUT2D eigenvalue weighted by atomic mass is 10.1. The first-order valence-electron chi connectivity index (χ1n) is 4.72. The minimum Gasteiger partial charge on any atom is -0.395 e. The van der Waals surface area contributed by atoms with Crippen LogP contribution in [0, 0.1) is 12.7 Å². The quantitative estimate of drug-likeness (QED) is 0.768. The van der Waals surface area contributed by atoms with E-state index in [1.54, 1.807) is 13.0 Å². The third-order valence-corrected chi connectivity index (χ3v) is 2.15. The molecule has 2 nitrogen and oxygen atoms in total. The molecule has 1 atom stereocenters. The largest absolute Gasteiger partial charge is 0.395 e. The van der Waals surface area contributed by atoms with Crippen molar-refractivity contribution in [3.8, 4) is 0 Å². The van der Waals surface area contributed by atoms with Crippen LogP contribution in [0.2, 0.25) is 0 Å². The van der Waals surface area contributed by atoms with Crippen molar-refractivity contribution in [3.63, 3.8) is 0 Å². The number of halogens is 1.